The number of nitrogens with zero attached hydrogens (tertiary/aromatic N) is 1. The molecular weight excluding hydrogens is 300 g/mol. The largest absolute Gasteiger partial charge is 0.486 e. The van der Waals surface area contributed by atoms with Gasteiger partial charge in [0.05, 0.1) is 16.0 Å². The molecule has 1 aromatic carbocycles. The average Bonchev–Trinajstić information content (AvgIpc) is 2.38. The predicted molar refractivity (Wildman–Crippen MR) is 71.9 cm³/mol. The van der Waals surface area contributed by atoms with Crippen LogP contribution < -0.4 is 10.1 Å². The second-order valence-electron chi connectivity index (χ2n) is 4.37. The number of halogens is 1. The minimum Gasteiger partial charge on any atom is -0.486 e. The molecule has 2 rings (SSSR count). The van der Waals surface area contributed by atoms with Crippen molar-refractivity contribution in [1.82, 2.24) is 5.32 Å². The summed E-state index contributed by atoms with van der Waals surface area (Å²) < 4.78 is 6.27. The zero-order valence-electron chi connectivity index (χ0n) is 9.89. The molecule has 0 bridgehead atoms. The van der Waals surface area contributed by atoms with E-state index in [1.807, 2.05) is 0 Å². The Bertz CT molecular complexity index is 433. The highest BCUT2D eigenvalue weighted by Crippen LogP contribution is 2.35. The number of nitro benzene ring substituents is 1. The molecule has 98 valence electrons. The van der Waals surface area contributed by atoms with Crippen LogP contribution in [0.15, 0.2) is 22.7 Å². The van der Waals surface area contributed by atoms with Crippen molar-refractivity contribution in [3.05, 3.63) is 32.8 Å². The van der Waals surface area contributed by atoms with Gasteiger partial charge in [-0.25, -0.2) is 0 Å². The lowest BCUT2D eigenvalue weighted by Gasteiger charge is -2.22. The first kappa shape index (κ1) is 13.3. The molecule has 0 spiro atoms. The number of nitrogens with one attached hydrogen (secondary N) is 1. The summed E-state index contributed by atoms with van der Waals surface area (Å²) in [4.78, 5) is 10.5. The number of ether oxygens (including phenoxy) is 1. The van der Waals surface area contributed by atoms with Crippen LogP contribution >= 0.6 is 15.9 Å². The topological polar surface area (TPSA) is 64.4 Å². The van der Waals surface area contributed by atoms with Crippen molar-refractivity contribution < 1.29 is 9.66 Å². The van der Waals surface area contributed by atoms with Crippen molar-refractivity contribution in [2.24, 2.45) is 5.92 Å². The summed E-state index contributed by atoms with van der Waals surface area (Å²) in [6.07, 6.45) is 2.23. The van der Waals surface area contributed by atoms with Gasteiger partial charge < -0.3 is 10.1 Å². The molecule has 0 radical (unpaired) electrons. The number of hydrogen-bond donors (Lipinski definition) is 1. The van der Waals surface area contributed by atoms with Crippen LogP contribution in [-0.2, 0) is 0 Å². The lowest BCUT2D eigenvalue weighted by molar-refractivity contribution is -0.386. The molecule has 0 aromatic heterocycles. The first-order valence-electron chi connectivity index (χ1n) is 5.95. The number of nitro groups is 1. The van der Waals surface area contributed by atoms with Gasteiger partial charge in [0.2, 0.25) is 5.75 Å². The van der Waals surface area contributed by atoms with Gasteiger partial charge in [0.25, 0.3) is 0 Å². The molecule has 0 amide bonds. The van der Waals surface area contributed by atoms with Crippen molar-refractivity contribution in [3.63, 3.8) is 0 Å². The fourth-order valence-corrected chi connectivity index (χ4v) is 2.52. The standard InChI is InChI=1S/C12H15BrN2O3/c13-10-4-1-5-11(15(16)17)12(10)18-8-9-3-2-6-14-7-9/h1,4-5,9,14H,2-3,6-8H2. The van der Waals surface area contributed by atoms with E-state index < -0.39 is 4.92 Å². The monoisotopic (exact) mass is 314 g/mol. The number of para-hydroxylation sites is 1. The van der Waals surface area contributed by atoms with Gasteiger partial charge in [-0.15, -0.1) is 0 Å². The summed E-state index contributed by atoms with van der Waals surface area (Å²) in [5.41, 5.74) is 0.00754. The van der Waals surface area contributed by atoms with E-state index in [0.29, 0.717) is 22.7 Å². The fourth-order valence-electron chi connectivity index (χ4n) is 2.05. The highest BCUT2D eigenvalue weighted by atomic mass is 79.9. The van der Waals surface area contributed by atoms with E-state index in [2.05, 4.69) is 21.2 Å². The normalized spacial score (nSPS) is 19.5. The van der Waals surface area contributed by atoms with Crippen LogP contribution in [0.4, 0.5) is 5.69 Å². The van der Waals surface area contributed by atoms with Crippen LogP contribution in [0.2, 0.25) is 0 Å². The zero-order chi connectivity index (χ0) is 13.0. The quantitative estimate of drug-likeness (QED) is 0.685. The summed E-state index contributed by atoms with van der Waals surface area (Å²) in [6, 6.07) is 4.85. The van der Waals surface area contributed by atoms with E-state index in [1.54, 1.807) is 12.1 Å². The Morgan fingerprint density at radius 2 is 2.39 bits per heavy atom. The molecule has 18 heavy (non-hydrogen) atoms. The van der Waals surface area contributed by atoms with Crippen LogP contribution in [0.5, 0.6) is 5.75 Å². The Labute approximate surface area is 114 Å². The van der Waals surface area contributed by atoms with E-state index in [9.17, 15) is 10.1 Å². The lowest BCUT2D eigenvalue weighted by Crippen LogP contribution is -2.33. The molecular formula is C12H15BrN2O3. The van der Waals surface area contributed by atoms with Crippen LogP contribution in [0.1, 0.15) is 12.8 Å². The highest BCUT2D eigenvalue weighted by Gasteiger charge is 2.20. The zero-order valence-corrected chi connectivity index (χ0v) is 11.5. The van der Waals surface area contributed by atoms with E-state index in [0.717, 1.165) is 25.9 Å². The Kier molecular flexibility index (Phi) is 4.54. The minimum absolute atomic E-state index is 0.00754. The molecule has 0 saturated carbocycles. The van der Waals surface area contributed by atoms with Gasteiger partial charge in [-0.1, -0.05) is 6.07 Å². The molecule has 1 aliphatic rings. The summed E-state index contributed by atoms with van der Waals surface area (Å²) in [5, 5.41) is 14.2. The number of rotatable bonds is 4. The van der Waals surface area contributed by atoms with E-state index in [1.165, 1.54) is 6.07 Å². The SMILES string of the molecule is O=[N+]([O-])c1cccc(Br)c1OCC1CCCNC1. The van der Waals surface area contributed by atoms with E-state index in [-0.39, 0.29) is 5.69 Å². The summed E-state index contributed by atoms with van der Waals surface area (Å²) in [7, 11) is 0. The van der Waals surface area contributed by atoms with Gasteiger partial charge in [0.1, 0.15) is 0 Å². The van der Waals surface area contributed by atoms with Crippen molar-refractivity contribution in [2.45, 2.75) is 12.8 Å². The predicted octanol–water partition coefficient (Wildman–Crippen LogP) is 2.74. The molecule has 1 N–H and O–H groups in total. The van der Waals surface area contributed by atoms with E-state index in [4.69, 9.17) is 4.74 Å². The molecule has 1 unspecified atom stereocenters. The third-order valence-electron chi connectivity index (χ3n) is 3.01. The number of benzene rings is 1. The van der Waals surface area contributed by atoms with Crippen molar-refractivity contribution >= 4 is 21.6 Å². The second-order valence-corrected chi connectivity index (χ2v) is 5.22. The summed E-state index contributed by atoms with van der Waals surface area (Å²) in [6.45, 7) is 2.47. The Balaban J connectivity index is 2.05. The molecule has 1 aliphatic heterocycles. The molecule has 1 saturated heterocycles. The van der Waals surface area contributed by atoms with Crippen LogP contribution in [0.3, 0.4) is 0 Å². The third kappa shape index (κ3) is 3.20. The molecule has 1 fully saturated rings. The van der Waals surface area contributed by atoms with Crippen molar-refractivity contribution in [1.29, 1.82) is 0 Å². The highest BCUT2D eigenvalue weighted by molar-refractivity contribution is 9.10. The Morgan fingerprint density at radius 3 is 3.06 bits per heavy atom. The van der Waals surface area contributed by atoms with Gasteiger partial charge in [-0.05, 0) is 41.4 Å². The number of piperidine rings is 1. The summed E-state index contributed by atoms with van der Waals surface area (Å²) in [5.74, 6) is 0.749. The molecule has 6 heteroatoms. The van der Waals surface area contributed by atoms with Gasteiger partial charge >= 0.3 is 5.69 Å². The summed E-state index contributed by atoms with van der Waals surface area (Å²) >= 11 is 3.30. The molecule has 5 nitrogen and oxygen atoms in total. The van der Waals surface area contributed by atoms with Gasteiger partial charge in [-0.3, -0.25) is 10.1 Å². The number of hydrogen-bond acceptors (Lipinski definition) is 4. The molecule has 1 heterocycles. The van der Waals surface area contributed by atoms with Crippen molar-refractivity contribution in [2.75, 3.05) is 19.7 Å². The van der Waals surface area contributed by atoms with Gasteiger partial charge in [0, 0.05) is 18.5 Å². The fraction of sp³-hybridized carbons (Fsp3) is 0.500. The Hall–Kier alpha value is -1.14. The lowest BCUT2D eigenvalue weighted by atomic mass is 10.0. The second kappa shape index (κ2) is 6.15. The maximum atomic E-state index is 10.9. The maximum absolute atomic E-state index is 10.9. The van der Waals surface area contributed by atoms with Crippen LogP contribution in [-0.4, -0.2) is 24.6 Å². The smallest absolute Gasteiger partial charge is 0.312 e. The van der Waals surface area contributed by atoms with E-state index >= 15 is 0 Å². The minimum atomic E-state index is -0.417. The first-order chi connectivity index (χ1) is 8.68. The van der Waals surface area contributed by atoms with Crippen LogP contribution in [0.25, 0.3) is 0 Å². The maximum Gasteiger partial charge on any atom is 0.312 e. The van der Waals surface area contributed by atoms with Crippen LogP contribution in [0, 0.1) is 16.0 Å². The third-order valence-corrected chi connectivity index (χ3v) is 3.63. The molecule has 0 aliphatic carbocycles. The van der Waals surface area contributed by atoms with Gasteiger partial charge in [0.15, 0.2) is 0 Å². The van der Waals surface area contributed by atoms with Gasteiger partial charge in [-0.2, -0.15) is 0 Å². The molecule has 1 aromatic rings. The Morgan fingerprint density at radius 1 is 1.56 bits per heavy atom. The first-order valence-corrected chi connectivity index (χ1v) is 6.74. The van der Waals surface area contributed by atoms with Crippen molar-refractivity contribution in [3.8, 4) is 5.75 Å². The average molecular weight is 315 g/mol. The molecule has 1 atom stereocenters.